The third kappa shape index (κ3) is 5.55. The van der Waals surface area contributed by atoms with Crippen LogP contribution in [0.15, 0.2) is 41.7 Å². The number of nitrogens with zero attached hydrogens (tertiary/aromatic N) is 3. The van der Waals surface area contributed by atoms with Crippen molar-refractivity contribution < 1.29 is 9.59 Å². The Hall–Kier alpha value is -2.41. The average Bonchev–Trinajstić information content (AvgIpc) is 2.66. The van der Waals surface area contributed by atoms with Crippen molar-refractivity contribution >= 4 is 35.0 Å². The predicted octanol–water partition coefficient (Wildman–Crippen LogP) is 3.89. The van der Waals surface area contributed by atoms with Crippen LogP contribution in [-0.4, -0.2) is 40.5 Å². The highest BCUT2D eigenvalue weighted by molar-refractivity contribution is 7.99. The lowest BCUT2D eigenvalue weighted by Gasteiger charge is -2.35. The second kappa shape index (κ2) is 9.19. The van der Waals surface area contributed by atoms with Crippen LogP contribution in [0.3, 0.4) is 0 Å². The summed E-state index contributed by atoms with van der Waals surface area (Å²) >= 11 is 1.39. The van der Waals surface area contributed by atoms with Crippen LogP contribution in [0.25, 0.3) is 0 Å². The molecule has 7 heteroatoms. The molecule has 148 valence electrons. The lowest BCUT2D eigenvalue weighted by Crippen LogP contribution is -2.39. The van der Waals surface area contributed by atoms with E-state index in [1.807, 2.05) is 6.07 Å². The highest BCUT2D eigenvalue weighted by Crippen LogP contribution is 2.27. The van der Waals surface area contributed by atoms with Gasteiger partial charge < -0.3 is 10.2 Å². The van der Waals surface area contributed by atoms with Crippen LogP contribution in [-0.2, 0) is 4.79 Å². The van der Waals surface area contributed by atoms with Gasteiger partial charge in [0.05, 0.1) is 5.75 Å². The molecule has 1 aliphatic heterocycles. The van der Waals surface area contributed by atoms with E-state index in [1.54, 1.807) is 30.6 Å². The Morgan fingerprint density at radius 1 is 1.14 bits per heavy atom. The molecule has 0 saturated carbocycles. The molecule has 2 unspecified atom stereocenters. The zero-order valence-electron chi connectivity index (χ0n) is 16.5. The summed E-state index contributed by atoms with van der Waals surface area (Å²) in [6, 6.07) is 8.86. The zero-order valence-corrected chi connectivity index (χ0v) is 17.3. The van der Waals surface area contributed by atoms with Gasteiger partial charge in [-0.25, -0.2) is 9.97 Å². The van der Waals surface area contributed by atoms with Crippen molar-refractivity contribution in [2.24, 2.45) is 11.8 Å². The fourth-order valence-corrected chi connectivity index (χ4v) is 4.22. The number of ketones is 1. The molecule has 3 rings (SSSR count). The predicted molar refractivity (Wildman–Crippen MR) is 113 cm³/mol. The van der Waals surface area contributed by atoms with Gasteiger partial charge in [-0.3, -0.25) is 9.59 Å². The molecule has 6 nitrogen and oxygen atoms in total. The summed E-state index contributed by atoms with van der Waals surface area (Å²) in [4.78, 5) is 34.6. The lowest BCUT2D eigenvalue weighted by molar-refractivity contribution is -0.113. The summed E-state index contributed by atoms with van der Waals surface area (Å²) in [5.74, 6) is 2.38. The summed E-state index contributed by atoms with van der Waals surface area (Å²) in [7, 11) is 0. The first-order chi connectivity index (χ1) is 13.4. The Morgan fingerprint density at radius 3 is 2.46 bits per heavy atom. The second-order valence-electron chi connectivity index (χ2n) is 7.54. The number of rotatable bonds is 6. The summed E-state index contributed by atoms with van der Waals surface area (Å²) < 4.78 is 0. The van der Waals surface area contributed by atoms with Gasteiger partial charge in [-0.05, 0) is 49.4 Å². The van der Waals surface area contributed by atoms with E-state index in [0.717, 1.165) is 23.9 Å². The molecule has 1 amide bonds. The third-order valence-corrected chi connectivity index (χ3v) is 5.67. The molecule has 1 saturated heterocycles. The number of thioether (sulfide) groups is 1. The number of anilines is 2. The number of piperidine rings is 1. The minimum Gasteiger partial charge on any atom is -0.356 e. The second-order valence-corrected chi connectivity index (χ2v) is 8.53. The number of Topliss-reactive ketones (excluding diaryl/α,β-unsaturated/α-hetero) is 1. The van der Waals surface area contributed by atoms with Crippen LogP contribution in [0, 0.1) is 11.8 Å². The Balaban J connectivity index is 1.55. The van der Waals surface area contributed by atoms with E-state index in [2.05, 4.69) is 34.0 Å². The summed E-state index contributed by atoms with van der Waals surface area (Å²) in [6.07, 6.45) is 2.82. The van der Waals surface area contributed by atoms with Crippen molar-refractivity contribution in [2.75, 3.05) is 29.1 Å². The maximum Gasteiger partial charge on any atom is 0.234 e. The van der Waals surface area contributed by atoms with Crippen LogP contribution in [0.1, 0.15) is 37.6 Å². The van der Waals surface area contributed by atoms with Crippen LogP contribution >= 0.6 is 11.8 Å². The molecule has 2 aromatic rings. The molecule has 1 fully saturated rings. The highest BCUT2D eigenvalue weighted by Gasteiger charge is 2.23. The van der Waals surface area contributed by atoms with E-state index < -0.39 is 0 Å². The number of carbonyl (C=O) groups is 2. The Morgan fingerprint density at radius 2 is 1.82 bits per heavy atom. The first-order valence-corrected chi connectivity index (χ1v) is 10.5. The topological polar surface area (TPSA) is 75.2 Å². The first kappa shape index (κ1) is 20.3. The van der Waals surface area contributed by atoms with Crippen LogP contribution in [0.4, 0.5) is 11.5 Å². The van der Waals surface area contributed by atoms with Crippen molar-refractivity contribution in [3.8, 4) is 0 Å². The highest BCUT2D eigenvalue weighted by atomic mass is 32.2. The normalized spacial score (nSPS) is 19.3. The van der Waals surface area contributed by atoms with Gasteiger partial charge in [-0.15, -0.1) is 0 Å². The summed E-state index contributed by atoms with van der Waals surface area (Å²) in [5.41, 5.74) is 1.30. The minimum absolute atomic E-state index is 0.00508. The number of aromatic nitrogens is 2. The third-order valence-electron chi connectivity index (χ3n) is 4.75. The molecule has 2 atom stereocenters. The van der Waals surface area contributed by atoms with Gasteiger partial charge in [0.25, 0.3) is 0 Å². The van der Waals surface area contributed by atoms with E-state index in [4.69, 9.17) is 0 Å². The molecule has 0 bridgehead atoms. The van der Waals surface area contributed by atoms with E-state index in [1.165, 1.54) is 25.1 Å². The van der Waals surface area contributed by atoms with Gasteiger partial charge >= 0.3 is 0 Å². The Labute approximate surface area is 170 Å². The van der Waals surface area contributed by atoms with Gasteiger partial charge in [0.15, 0.2) is 5.78 Å². The maximum absolute atomic E-state index is 12.2. The standard InChI is InChI=1S/C21H26N4O2S/c1-14-8-15(2)11-25(10-14)19-9-21(23-13-22-19)28-12-20(27)24-18-6-4-17(5-7-18)16(3)26/h4-7,9,13-15H,8,10-12H2,1-3H3,(H,24,27). The SMILES string of the molecule is CC(=O)c1ccc(NC(=O)CSc2cc(N3CC(C)CC(C)C3)ncn2)cc1. The molecule has 2 heterocycles. The smallest absolute Gasteiger partial charge is 0.234 e. The van der Waals surface area contributed by atoms with Crippen molar-refractivity contribution in [3.05, 3.63) is 42.2 Å². The Kier molecular flexibility index (Phi) is 6.67. The summed E-state index contributed by atoms with van der Waals surface area (Å²) in [5, 5.41) is 3.63. The van der Waals surface area contributed by atoms with Gasteiger partial charge in [0.2, 0.25) is 5.91 Å². The molecule has 1 aliphatic rings. The van der Waals surface area contributed by atoms with Crippen molar-refractivity contribution in [1.82, 2.24) is 9.97 Å². The molecular weight excluding hydrogens is 372 g/mol. The molecular formula is C21H26N4O2S. The van der Waals surface area contributed by atoms with E-state index in [0.29, 0.717) is 23.1 Å². The largest absolute Gasteiger partial charge is 0.356 e. The van der Waals surface area contributed by atoms with Gasteiger partial charge in [-0.2, -0.15) is 0 Å². The van der Waals surface area contributed by atoms with E-state index in [-0.39, 0.29) is 17.4 Å². The number of carbonyl (C=O) groups excluding carboxylic acids is 2. The zero-order chi connectivity index (χ0) is 20.1. The fourth-order valence-electron chi connectivity index (χ4n) is 3.56. The molecule has 28 heavy (non-hydrogen) atoms. The number of hydrogen-bond acceptors (Lipinski definition) is 6. The summed E-state index contributed by atoms with van der Waals surface area (Å²) in [6.45, 7) is 8.06. The number of nitrogens with one attached hydrogen (secondary N) is 1. The van der Waals surface area contributed by atoms with Crippen LogP contribution < -0.4 is 10.2 Å². The maximum atomic E-state index is 12.2. The molecule has 1 aromatic carbocycles. The van der Waals surface area contributed by atoms with Crippen molar-refractivity contribution in [3.63, 3.8) is 0 Å². The first-order valence-electron chi connectivity index (χ1n) is 9.51. The van der Waals surface area contributed by atoms with Gasteiger partial charge in [0, 0.05) is 30.4 Å². The van der Waals surface area contributed by atoms with E-state index >= 15 is 0 Å². The molecule has 1 N–H and O–H groups in total. The molecule has 1 aromatic heterocycles. The van der Waals surface area contributed by atoms with Gasteiger partial charge in [0.1, 0.15) is 17.2 Å². The van der Waals surface area contributed by atoms with E-state index in [9.17, 15) is 9.59 Å². The van der Waals surface area contributed by atoms with Crippen molar-refractivity contribution in [2.45, 2.75) is 32.2 Å². The minimum atomic E-state index is -0.110. The number of amides is 1. The molecule has 0 radical (unpaired) electrons. The fraction of sp³-hybridized carbons (Fsp3) is 0.429. The monoisotopic (exact) mass is 398 g/mol. The van der Waals surface area contributed by atoms with Gasteiger partial charge in [-0.1, -0.05) is 25.6 Å². The quantitative estimate of drug-likeness (QED) is 0.452. The van der Waals surface area contributed by atoms with Crippen LogP contribution in [0.5, 0.6) is 0 Å². The lowest BCUT2D eigenvalue weighted by atomic mass is 9.92. The number of benzene rings is 1. The molecule has 0 spiro atoms. The Bertz CT molecular complexity index is 831. The molecule has 0 aliphatic carbocycles. The van der Waals surface area contributed by atoms with Crippen LogP contribution in [0.2, 0.25) is 0 Å². The van der Waals surface area contributed by atoms with Crippen molar-refractivity contribution in [1.29, 1.82) is 0 Å². The average molecular weight is 399 g/mol. The number of hydrogen-bond donors (Lipinski definition) is 1.